The van der Waals surface area contributed by atoms with Gasteiger partial charge in [0.15, 0.2) is 0 Å². The average molecular weight is 315 g/mol. The molecule has 0 aromatic heterocycles. The topological polar surface area (TPSA) is 55.1 Å². The summed E-state index contributed by atoms with van der Waals surface area (Å²) in [5.74, 6) is -0.619. The maximum atomic E-state index is 13.3. The number of nitrogens with one attached hydrogen (secondary N) is 1. The van der Waals surface area contributed by atoms with Crippen LogP contribution >= 0.6 is 15.9 Å². The van der Waals surface area contributed by atoms with E-state index in [1.807, 2.05) is 0 Å². The highest BCUT2D eigenvalue weighted by atomic mass is 79.9. The van der Waals surface area contributed by atoms with E-state index in [0.29, 0.717) is 23.0 Å². The second-order valence-electron chi connectivity index (χ2n) is 4.80. The summed E-state index contributed by atoms with van der Waals surface area (Å²) in [6.07, 6.45) is 4.45. The number of benzene rings is 1. The molecule has 0 aliphatic heterocycles. The molecule has 0 saturated heterocycles. The van der Waals surface area contributed by atoms with Gasteiger partial charge >= 0.3 is 0 Å². The Morgan fingerprint density at radius 2 is 2.00 bits per heavy atom. The van der Waals surface area contributed by atoms with Gasteiger partial charge in [-0.15, -0.1) is 0 Å². The van der Waals surface area contributed by atoms with Crippen molar-refractivity contribution in [2.75, 3.05) is 5.32 Å². The van der Waals surface area contributed by atoms with Gasteiger partial charge in [0.2, 0.25) is 5.91 Å². The van der Waals surface area contributed by atoms with Crippen LogP contribution in [-0.4, -0.2) is 11.4 Å². The summed E-state index contributed by atoms with van der Waals surface area (Å²) in [6, 6.07) is 4.50. The van der Waals surface area contributed by atoms with Crippen molar-refractivity contribution in [1.29, 1.82) is 0 Å². The SMILES string of the molecule is NC1(C(=O)Nc2ccc(Br)c(F)c2)CCCCC1. The highest BCUT2D eigenvalue weighted by Gasteiger charge is 2.35. The van der Waals surface area contributed by atoms with Gasteiger partial charge in [0.25, 0.3) is 0 Å². The van der Waals surface area contributed by atoms with E-state index in [9.17, 15) is 9.18 Å². The highest BCUT2D eigenvalue weighted by molar-refractivity contribution is 9.10. The summed E-state index contributed by atoms with van der Waals surface area (Å²) in [5.41, 5.74) is 5.74. The molecule has 0 bridgehead atoms. The Kier molecular flexibility index (Phi) is 4.02. The van der Waals surface area contributed by atoms with Crippen LogP contribution in [0.25, 0.3) is 0 Å². The number of carbonyl (C=O) groups is 1. The van der Waals surface area contributed by atoms with Crippen LogP contribution in [0.1, 0.15) is 32.1 Å². The van der Waals surface area contributed by atoms with Gasteiger partial charge in [0.1, 0.15) is 5.82 Å². The Morgan fingerprint density at radius 1 is 1.33 bits per heavy atom. The Hall–Kier alpha value is -0.940. The van der Waals surface area contributed by atoms with Gasteiger partial charge in [-0.1, -0.05) is 19.3 Å². The minimum Gasteiger partial charge on any atom is -0.324 e. The number of rotatable bonds is 2. The molecule has 0 spiro atoms. The lowest BCUT2D eigenvalue weighted by molar-refractivity contribution is -0.122. The van der Waals surface area contributed by atoms with Gasteiger partial charge in [-0.05, 0) is 47.0 Å². The molecule has 98 valence electrons. The molecule has 2 rings (SSSR count). The Balaban J connectivity index is 2.08. The van der Waals surface area contributed by atoms with E-state index in [-0.39, 0.29) is 5.91 Å². The summed E-state index contributed by atoms with van der Waals surface area (Å²) in [5, 5.41) is 2.70. The largest absolute Gasteiger partial charge is 0.324 e. The minimum absolute atomic E-state index is 0.219. The minimum atomic E-state index is -0.804. The third-order valence-corrected chi connectivity index (χ3v) is 4.02. The van der Waals surface area contributed by atoms with E-state index < -0.39 is 11.4 Å². The van der Waals surface area contributed by atoms with Crippen molar-refractivity contribution in [1.82, 2.24) is 0 Å². The lowest BCUT2D eigenvalue weighted by Gasteiger charge is -2.31. The van der Waals surface area contributed by atoms with Crippen molar-refractivity contribution >= 4 is 27.5 Å². The van der Waals surface area contributed by atoms with Gasteiger partial charge in [0, 0.05) is 5.69 Å². The van der Waals surface area contributed by atoms with Crippen molar-refractivity contribution in [3.05, 3.63) is 28.5 Å². The molecule has 1 saturated carbocycles. The molecule has 1 aliphatic rings. The summed E-state index contributed by atoms with van der Waals surface area (Å²) >= 11 is 3.07. The predicted molar refractivity (Wildman–Crippen MR) is 72.7 cm³/mol. The molecule has 1 aromatic rings. The third kappa shape index (κ3) is 2.90. The Bertz CT molecular complexity index is 458. The predicted octanol–water partition coefficient (Wildman–Crippen LogP) is 3.19. The maximum Gasteiger partial charge on any atom is 0.244 e. The van der Waals surface area contributed by atoms with Crippen molar-refractivity contribution < 1.29 is 9.18 Å². The van der Waals surface area contributed by atoms with Crippen LogP contribution in [0.2, 0.25) is 0 Å². The fraction of sp³-hybridized carbons (Fsp3) is 0.462. The van der Waals surface area contributed by atoms with Crippen LogP contribution in [0, 0.1) is 5.82 Å². The smallest absolute Gasteiger partial charge is 0.244 e. The number of nitrogens with two attached hydrogens (primary N) is 1. The molecular formula is C13H16BrFN2O. The first kappa shape index (κ1) is 13.5. The van der Waals surface area contributed by atoms with Crippen LogP contribution < -0.4 is 11.1 Å². The molecule has 1 aliphatic carbocycles. The van der Waals surface area contributed by atoms with Gasteiger partial charge < -0.3 is 11.1 Å². The molecule has 1 amide bonds. The monoisotopic (exact) mass is 314 g/mol. The molecule has 0 unspecified atom stereocenters. The molecule has 3 N–H and O–H groups in total. The Labute approximate surface area is 114 Å². The first-order chi connectivity index (χ1) is 8.51. The molecule has 1 fully saturated rings. The van der Waals surface area contributed by atoms with Gasteiger partial charge in [-0.2, -0.15) is 0 Å². The van der Waals surface area contributed by atoms with Crippen LogP contribution in [0.15, 0.2) is 22.7 Å². The lowest BCUT2D eigenvalue weighted by Crippen LogP contribution is -2.52. The first-order valence-corrected chi connectivity index (χ1v) is 6.86. The summed E-state index contributed by atoms with van der Waals surface area (Å²) in [6.45, 7) is 0. The second-order valence-corrected chi connectivity index (χ2v) is 5.65. The van der Waals surface area contributed by atoms with E-state index in [1.54, 1.807) is 12.1 Å². The van der Waals surface area contributed by atoms with Gasteiger partial charge in [-0.3, -0.25) is 4.79 Å². The summed E-state index contributed by atoms with van der Waals surface area (Å²) in [7, 11) is 0. The number of hydrogen-bond donors (Lipinski definition) is 2. The van der Waals surface area contributed by atoms with Gasteiger partial charge in [0.05, 0.1) is 10.0 Å². The molecule has 3 nitrogen and oxygen atoms in total. The van der Waals surface area contributed by atoms with Crippen LogP contribution in [0.3, 0.4) is 0 Å². The number of hydrogen-bond acceptors (Lipinski definition) is 2. The zero-order chi connectivity index (χ0) is 13.2. The quantitative estimate of drug-likeness (QED) is 0.880. The van der Waals surface area contributed by atoms with Crippen LogP contribution in [0.4, 0.5) is 10.1 Å². The molecule has 1 aromatic carbocycles. The summed E-state index contributed by atoms with van der Waals surface area (Å²) < 4.78 is 13.7. The zero-order valence-corrected chi connectivity index (χ0v) is 11.6. The van der Waals surface area contributed by atoms with E-state index in [1.165, 1.54) is 6.07 Å². The number of halogens is 2. The second kappa shape index (κ2) is 5.36. The summed E-state index contributed by atoms with van der Waals surface area (Å²) in [4.78, 5) is 12.1. The molecular weight excluding hydrogens is 299 g/mol. The molecule has 5 heteroatoms. The molecule has 0 atom stereocenters. The standard InChI is InChI=1S/C13H16BrFN2O/c14-10-5-4-9(8-11(10)15)17-12(18)13(16)6-2-1-3-7-13/h4-5,8H,1-3,6-7,16H2,(H,17,18). The first-order valence-electron chi connectivity index (χ1n) is 6.07. The maximum absolute atomic E-state index is 13.3. The van der Waals surface area contributed by atoms with E-state index in [2.05, 4.69) is 21.2 Å². The van der Waals surface area contributed by atoms with Crippen molar-refractivity contribution in [2.24, 2.45) is 5.73 Å². The van der Waals surface area contributed by atoms with Gasteiger partial charge in [-0.25, -0.2) is 4.39 Å². The highest BCUT2D eigenvalue weighted by Crippen LogP contribution is 2.27. The lowest BCUT2D eigenvalue weighted by atomic mass is 9.82. The molecule has 0 heterocycles. The Morgan fingerprint density at radius 3 is 2.61 bits per heavy atom. The number of amides is 1. The van der Waals surface area contributed by atoms with Crippen molar-refractivity contribution in [3.63, 3.8) is 0 Å². The zero-order valence-electron chi connectivity index (χ0n) is 10.0. The van der Waals surface area contributed by atoms with Crippen molar-refractivity contribution in [2.45, 2.75) is 37.6 Å². The fourth-order valence-electron chi connectivity index (χ4n) is 2.24. The molecule has 0 radical (unpaired) electrons. The third-order valence-electron chi connectivity index (χ3n) is 3.38. The normalized spacial score (nSPS) is 18.4. The van der Waals surface area contributed by atoms with Crippen LogP contribution in [0.5, 0.6) is 0 Å². The fourth-order valence-corrected chi connectivity index (χ4v) is 2.49. The average Bonchev–Trinajstić information content (AvgIpc) is 2.35. The van der Waals surface area contributed by atoms with E-state index in [0.717, 1.165) is 19.3 Å². The van der Waals surface area contributed by atoms with E-state index >= 15 is 0 Å². The molecule has 18 heavy (non-hydrogen) atoms. The van der Waals surface area contributed by atoms with Crippen molar-refractivity contribution in [3.8, 4) is 0 Å². The number of carbonyl (C=O) groups excluding carboxylic acids is 1. The van der Waals surface area contributed by atoms with E-state index in [4.69, 9.17) is 5.73 Å². The van der Waals surface area contributed by atoms with Crippen LogP contribution in [-0.2, 0) is 4.79 Å². The number of anilines is 1.